The van der Waals surface area contributed by atoms with E-state index in [1.54, 1.807) is 6.92 Å². The van der Waals surface area contributed by atoms with Gasteiger partial charge in [-0.2, -0.15) is 0 Å². The minimum atomic E-state index is -1.16. The summed E-state index contributed by atoms with van der Waals surface area (Å²) in [5.41, 5.74) is 4.05. The Hall–Kier alpha value is -1.47. The normalized spacial score (nSPS) is 47.6. The van der Waals surface area contributed by atoms with E-state index in [1.165, 1.54) is 6.92 Å². The van der Waals surface area contributed by atoms with Crippen molar-refractivity contribution in [1.29, 1.82) is 0 Å². The number of nitrogens with two attached hydrogens (primary N) is 1. The zero-order chi connectivity index (χ0) is 23.5. The first-order chi connectivity index (χ1) is 15.0. The molecule has 1 amide bonds. The maximum Gasteiger partial charge on any atom is 0.302 e. The van der Waals surface area contributed by atoms with E-state index in [1.807, 2.05) is 0 Å². The summed E-state index contributed by atoms with van der Waals surface area (Å²) in [6.45, 7) is 7.47. The maximum absolute atomic E-state index is 12.4. The largest absolute Gasteiger partial charge is 0.462 e. The molecule has 0 spiro atoms. The van der Waals surface area contributed by atoms with Gasteiger partial charge >= 0.3 is 5.97 Å². The van der Waals surface area contributed by atoms with Crippen LogP contribution in [0.4, 0.5) is 0 Å². The fourth-order valence-corrected chi connectivity index (χ4v) is 8.72. The van der Waals surface area contributed by atoms with Gasteiger partial charge in [0.1, 0.15) is 11.9 Å². The smallest absolute Gasteiger partial charge is 0.302 e. The zero-order valence-electron chi connectivity index (χ0n) is 20.0. The van der Waals surface area contributed by atoms with Gasteiger partial charge in [-0.1, -0.05) is 13.8 Å². The van der Waals surface area contributed by atoms with Crippen LogP contribution in [0.1, 0.15) is 79.1 Å². The number of esters is 1. The summed E-state index contributed by atoms with van der Waals surface area (Å²) < 4.78 is 5.52. The highest BCUT2D eigenvalue weighted by molar-refractivity contribution is 5.79. The number of ketones is 1. The molecule has 180 valence electrons. The van der Waals surface area contributed by atoms with Crippen molar-refractivity contribution >= 4 is 17.7 Å². The van der Waals surface area contributed by atoms with Gasteiger partial charge in [0.25, 0.3) is 0 Å². The first-order valence-corrected chi connectivity index (χ1v) is 12.4. The molecule has 4 N–H and O–H groups in total. The predicted molar refractivity (Wildman–Crippen MR) is 119 cm³/mol. The topological polar surface area (TPSA) is 119 Å². The van der Waals surface area contributed by atoms with Crippen LogP contribution in [0.2, 0.25) is 0 Å². The van der Waals surface area contributed by atoms with Crippen LogP contribution in [-0.4, -0.2) is 47.1 Å². The van der Waals surface area contributed by atoms with Crippen molar-refractivity contribution in [1.82, 2.24) is 5.32 Å². The number of hydrogen-bond acceptors (Lipinski definition) is 6. The second kappa shape index (κ2) is 8.08. The van der Waals surface area contributed by atoms with Crippen molar-refractivity contribution in [2.45, 2.75) is 96.8 Å². The molecule has 0 aromatic rings. The van der Waals surface area contributed by atoms with Crippen molar-refractivity contribution in [3.05, 3.63) is 0 Å². The molecule has 0 aromatic carbocycles. The van der Waals surface area contributed by atoms with E-state index in [4.69, 9.17) is 10.5 Å². The van der Waals surface area contributed by atoms with Crippen LogP contribution in [0.25, 0.3) is 0 Å². The lowest BCUT2D eigenvalue weighted by molar-refractivity contribution is -0.236. The van der Waals surface area contributed by atoms with Crippen molar-refractivity contribution in [3.8, 4) is 0 Å². The number of carbonyl (C=O) groups excluding carboxylic acids is 3. The summed E-state index contributed by atoms with van der Waals surface area (Å²) in [6, 6.07) is -0.443. The van der Waals surface area contributed by atoms with E-state index >= 15 is 0 Å². The summed E-state index contributed by atoms with van der Waals surface area (Å²) in [5, 5.41) is 15.3. The molecule has 9 atom stereocenters. The van der Waals surface area contributed by atoms with Crippen molar-refractivity contribution < 1.29 is 24.2 Å². The first-order valence-electron chi connectivity index (χ1n) is 12.4. The number of rotatable bonds is 4. The SMILES string of the molecule is CC(=O)O[C@H]1CC[C@]2(C)[C@H]3CC[C@]4(C)[C@@H](C(C)=O)CC[C@H]4[C@@H]3C[C@@H](NC(=O)CN)[C@@]2(O)C1. The highest BCUT2D eigenvalue weighted by Crippen LogP contribution is 2.68. The van der Waals surface area contributed by atoms with Crippen LogP contribution in [0.3, 0.4) is 0 Å². The summed E-state index contributed by atoms with van der Waals surface area (Å²) in [7, 11) is 0. The molecule has 0 heterocycles. The van der Waals surface area contributed by atoms with Gasteiger partial charge in [-0.3, -0.25) is 14.4 Å². The average Bonchev–Trinajstić information content (AvgIpc) is 3.07. The van der Waals surface area contributed by atoms with Gasteiger partial charge in [0.15, 0.2) is 0 Å². The molecule has 0 unspecified atom stereocenters. The quantitative estimate of drug-likeness (QED) is 0.568. The predicted octanol–water partition coefficient (Wildman–Crippen LogP) is 2.33. The summed E-state index contributed by atoms with van der Waals surface area (Å²) in [5.74, 6) is 0.872. The van der Waals surface area contributed by atoms with Crippen LogP contribution >= 0.6 is 0 Å². The molecule has 32 heavy (non-hydrogen) atoms. The van der Waals surface area contributed by atoms with Crippen molar-refractivity contribution in [2.24, 2.45) is 40.2 Å². The van der Waals surface area contributed by atoms with E-state index < -0.39 is 17.1 Å². The lowest BCUT2D eigenvalue weighted by atomic mass is 9.42. The van der Waals surface area contributed by atoms with Gasteiger partial charge in [0, 0.05) is 24.7 Å². The van der Waals surface area contributed by atoms with E-state index in [0.717, 1.165) is 38.5 Å². The number of Topliss-reactive ketones (excluding diaryl/α,β-unsaturated/α-hetero) is 1. The Morgan fingerprint density at radius 3 is 2.41 bits per heavy atom. The van der Waals surface area contributed by atoms with E-state index in [2.05, 4.69) is 19.2 Å². The molecule has 0 saturated heterocycles. The second-order valence-corrected chi connectivity index (χ2v) is 11.5. The van der Waals surface area contributed by atoms with Gasteiger partial charge in [-0.25, -0.2) is 0 Å². The molecule has 4 aliphatic carbocycles. The molecule has 4 saturated carbocycles. The Morgan fingerprint density at radius 1 is 1.06 bits per heavy atom. The number of ether oxygens (including phenoxy) is 1. The standard InChI is InChI=1S/C25H40N2O5/c1-14(28)18-5-6-19-17-11-21(27-22(30)13-26)25(31)12-16(32-15(2)29)7-10-24(25,4)20(17)8-9-23(18,19)3/h16-21,31H,5-13,26H2,1-4H3,(H,27,30)/t16-,17-,18+,19-,20-,21+,23+,24+,25-/m0/s1. The van der Waals surface area contributed by atoms with Gasteiger partial charge in [0.05, 0.1) is 18.2 Å². The molecule has 0 bridgehead atoms. The molecular weight excluding hydrogens is 408 g/mol. The minimum absolute atomic E-state index is 0.00378. The molecular formula is C25H40N2O5. The Bertz CT molecular complexity index is 801. The van der Waals surface area contributed by atoms with E-state index in [0.29, 0.717) is 36.4 Å². The fraction of sp³-hybridized carbons (Fsp3) is 0.880. The number of aliphatic hydroxyl groups is 1. The van der Waals surface area contributed by atoms with Crippen LogP contribution in [-0.2, 0) is 19.1 Å². The molecule has 0 radical (unpaired) electrons. The lowest BCUT2D eigenvalue weighted by Gasteiger charge is -2.66. The fourth-order valence-electron chi connectivity index (χ4n) is 8.72. The maximum atomic E-state index is 12.4. The average molecular weight is 449 g/mol. The Labute approximate surface area is 191 Å². The Morgan fingerprint density at radius 2 is 1.78 bits per heavy atom. The first kappa shape index (κ1) is 23.7. The second-order valence-electron chi connectivity index (χ2n) is 11.5. The van der Waals surface area contributed by atoms with Gasteiger partial charge in [0.2, 0.25) is 5.91 Å². The highest BCUT2D eigenvalue weighted by Gasteiger charge is 2.68. The number of fused-ring (bicyclic) bond motifs is 5. The number of nitrogens with one attached hydrogen (secondary N) is 1. The third kappa shape index (κ3) is 3.42. The molecule has 4 rings (SSSR count). The number of amides is 1. The Balaban J connectivity index is 1.70. The lowest BCUT2D eigenvalue weighted by Crippen LogP contribution is -2.72. The molecule has 4 fully saturated rings. The molecule has 7 nitrogen and oxygen atoms in total. The van der Waals surface area contributed by atoms with Crippen LogP contribution in [0, 0.1) is 34.5 Å². The van der Waals surface area contributed by atoms with Gasteiger partial charge in [-0.15, -0.1) is 0 Å². The molecule has 7 heteroatoms. The summed E-state index contributed by atoms with van der Waals surface area (Å²) in [4.78, 5) is 36.4. The minimum Gasteiger partial charge on any atom is -0.462 e. The van der Waals surface area contributed by atoms with Gasteiger partial charge in [-0.05, 0) is 75.0 Å². The highest BCUT2D eigenvalue weighted by atomic mass is 16.5. The van der Waals surface area contributed by atoms with Crippen LogP contribution < -0.4 is 11.1 Å². The van der Waals surface area contributed by atoms with Crippen molar-refractivity contribution in [2.75, 3.05) is 6.54 Å². The Kier molecular flexibility index (Phi) is 5.98. The third-order valence-corrected chi connectivity index (χ3v) is 10.2. The monoisotopic (exact) mass is 448 g/mol. The van der Waals surface area contributed by atoms with Crippen LogP contribution in [0.15, 0.2) is 0 Å². The number of hydrogen-bond donors (Lipinski definition) is 3. The van der Waals surface area contributed by atoms with Crippen molar-refractivity contribution in [3.63, 3.8) is 0 Å². The molecule has 0 aliphatic heterocycles. The zero-order valence-corrected chi connectivity index (χ0v) is 20.0. The molecule has 4 aliphatic rings. The van der Waals surface area contributed by atoms with E-state index in [-0.39, 0.29) is 35.9 Å². The summed E-state index contributed by atoms with van der Waals surface area (Å²) >= 11 is 0. The number of carbonyl (C=O) groups is 3. The van der Waals surface area contributed by atoms with Gasteiger partial charge < -0.3 is 20.9 Å². The third-order valence-electron chi connectivity index (χ3n) is 10.2. The van der Waals surface area contributed by atoms with E-state index in [9.17, 15) is 19.5 Å². The summed E-state index contributed by atoms with van der Waals surface area (Å²) in [6.07, 6.45) is 6.09. The molecule has 0 aromatic heterocycles. The van der Waals surface area contributed by atoms with Crippen LogP contribution in [0.5, 0.6) is 0 Å².